The Kier molecular flexibility index (Phi) is 9.45. The van der Waals surface area contributed by atoms with E-state index in [1.165, 1.54) is 33.4 Å². The average molecular weight is 656 g/mol. The van der Waals surface area contributed by atoms with Crippen molar-refractivity contribution in [3.63, 3.8) is 0 Å². The highest BCUT2D eigenvalue weighted by Gasteiger charge is 2.39. The van der Waals surface area contributed by atoms with E-state index < -0.39 is 18.4 Å². The Morgan fingerprint density at radius 3 is 2.33 bits per heavy atom. The number of anilines is 3. The quantitative estimate of drug-likeness (QED) is 0.276. The van der Waals surface area contributed by atoms with E-state index >= 15 is 0 Å². The molecule has 0 spiro atoms. The Labute approximate surface area is 252 Å². The summed E-state index contributed by atoms with van der Waals surface area (Å²) in [5.74, 6) is -0.731. The number of halogens is 4. The molecule has 3 aromatic rings. The van der Waals surface area contributed by atoms with Crippen molar-refractivity contribution in [2.75, 3.05) is 81.7 Å². The van der Waals surface area contributed by atoms with E-state index in [-0.39, 0.29) is 6.42 Å². The third-order valence-electron chi connectivity index (χ3n) is 8.37. The zero-order chi connectivity index (χ0) is 29.9. The molecule has 42 heavy (non-hydrogen) atoms. The lowest BCUT2D eigenvalue weighted by Gasteiger charge is -2.39. The van der Waals surface area contributed by atoms with E-state index in [0.717, 1.165) is 58.9 Å². The first-order valence-corrected chi connectivity index (χ1v) is 15.1. The number of methoxy groups -OCH3 is 2. The van der Waals surface area contributed by atoms with Gasteiger partial charge in [0.25, 0.3) is 0 Å². The minimum Gasteiger partial charge on any atom is -0.383 e. The Morgan fingerprint density at radius 1 is 0.976 bits per heavy atom. The number of nitrogens with one attached hydrogen (secondary N) is 2. The summed E-state index contributed by atoms with van der Waals surface area (Å²) in [6, 6.07) is 3.81. The van der Waals surface area contributed by atoms with Crippen LogP contribution in [0.1, 0.15) is 36.8 Å². The number of H-pyrrole nitrogens is 1. The van der Waals surface area contributed by atoms with Crippen LogP contribution in [0.4, 0.5) is 30.4 Å². The van der Waals surface area contributed by atoms with Crippen LogP contribution in [0.2, 0.25) is 0 Å². The van der Waals surface area contributed by atoms with Crippen LogP contribution in [-0.4, -0.2) is 97.8 Å². The molecule has 0 aliphatic carbocycles. The standard InChI is InChI=1S/C28H38BrF3N8O2/c1-19-21(33-8-11-38-9-4-5-10-38)16-20(27(41-2,42-3)6-7-28(30,31)32)17-22(19)39-12-14-40(15-13-39)26-23-24(29)36-37-25(23)34-18-35-26/h16-18,33H,4-15H2,1-3H3,(H,34,35,36,37). The van der Waals surface area contributed by atoms with Crippen molar-refractivity contribution in [3.8, 4) is 0 Å². The molecular weight excluding hydrogens is 617 g/mol. The fourth-order valence-corrected chi connectivity index (χ4v) is 6.41. The molecule has 0 radical (unpaired) electrons. The third kappa shape index (κ3) is 6.61. The van der Waals surface area contributed by atoms with Crippen LogP contribution in [-0.2, 0) is 15.3 Å². The molecule has 0 saturated carbocycles. The van der Waals surface area contributed by atoms with Crippen LogP contribution in [0.3, 0.4) is 0 Å². The van der Waals surface area contributed by atoms with Crippen molar-refractivity contribution in [1.29, 1.82) is 0 Å². The second-order valence-corrected chi connectivity index (χ2v) is 11.6. The van der Waals surface area contributed by atoms with Crippen molar-refractivity contribution in [2.24, 2.45) is 0 Å². The highest BCUT2D eigenvalue weighted by atomic mass is 79.9. The maximum absolute atomic E-state index is 13.3. The predicted octanol–water partition coefficient (Wildman–Crippen LogP) is 5.05. The van der Waals surface area contributed by atoms with E-state index in [0.29, 0.717) is 37.4 Å². The molecule has 2 aliphatic heterocycles. The van der Waals surface area contributed by atoms with E-state index in [1.807, 2.05) is 12.1 Å². The lowest BCUT2D eigenvalue weighted by molar-refractivity contribution is -0.237. The number of hydrogen-bond acceptors (Lipinski definition) is 9. The molecule has 0 bridgehead atoms. The molecule has 0 amide bonds. The molecule has 230 valence electrons. The summed E-state index contributed by atoms with van der Waals surface area (Å²) in [5, 5.41) is 11.5. The lowest BCUT2D eigenvalue weighted by Crippen LogP contribution is -2.47. The molecule has 1 aromatic carbocycles. The smallest absolute Gasteiger partial charge is 0.383 e. The summed E-state index contributed by atoms with van der Waals surface area (Å²) >= 11 is 3.52. The van der Waals surface area contributed by atoms with Crippen molar-refractivity contribution in [1.82, 2.24) is 25.1 Å². The molecule has 0 unspecified atom stereocenters. The first kappa shape index (κ1) is 30.8. The van der Waals surface area contributed by atoms with Gasteiger partial charge < -0.3 is 29.5 Å². The number of ether oxygens (including phenoxy) is 2. The lowest BCUT2D eigenvalue weighted by atomic mass is 9.95. The molecule has 2 N–H and O–H groups in total. The van der Waals surface area contributed by atoms with Gasteiger partial charge in [-0.1, -0.05) is 0 Å². The predicted molar refractivity (Wildman–Crippen MR) is 160 cm³/mol. The molecule has 2 saturated heterocycles. The third-order valence-corrected chi connectivity index (χ3v) is 8.94. The molecule has 5 rings (SSSR count). The number of likely N-dealkylation sites (tertiary alicyclic amines) is 1. The minimum atomic E-state index is -4.33. The van der Waals surface area contributed by atoms with Gasteiger partial charge in [-0.25, -0.2) is 9.97 Å². The van der Waals surface area contributed by atoms with Gasteiger partial charge in [0.2, 0.25) is 0 Å². The molecule has 2 fully saturated rings. The highest BCUT2D eigenvalue weighted by molar-refractivity contribution is 9.10. The van der Waals surface area contributed by atoms with E-state index in [9.17, 15) is 13.2 Å². The summed E-state index contributed by atoms with van der Waals surface area (Å²) in [6.45, 7) is 8.64. The summed E-state index contributed by atoms with van der Waals surface area (Å²) in [5.41, 5.74) is 4.00. The van der Waals surface area contributed by atoms with Crippen LogP contribution in [0.25, 0.3) is 11.0 Å². The number of aromatic nitrogens is 4. The van der Waals surface area contributed by atoms with Crippen molar-refractivity contribution in [2.45, 2.75) is 44.6 Å². The van der Waals surface area contributed by atoms with Crippen LogP contribution in [0.5, 0.6) is 0 Å². The molecule has 4 heterocycles. The first-order valence-electron chi connectivity index (χ1n) is 14.3. The number of aromatic amines is 1. The molecule has 0 atom stereocenters. The first-order chi connectivity index (χ1) is 20.1. The van der Waals surface area contributed by atoms with Crippen molar-refractivity contribution < 1.29 is 22.6 Å². The Hall–Kier alpha value is -2.68. The number of fused-ring (bicyclic) bond motifs is 1. The second kappa shape index (κ2) is 12.9. The van der Waals surface area contributed by atoms with Gasteiger partial charge in [-0.05, 0) is 66.5 Å². The van der Waals surface area contributed by atoms with Gasteiger partial charge in [0, 0.05) is 83.3 Å². The highest BCUT2D eigenvalue weighted by Crippen LogP contribution is 2.41. The summed E-state index contributed by atoms with van der Waals surface area (Å²) in [6.07, 6.45) is -1.76. The molecular formula is C28H38BrF3N8O2. The molecule has 2 aromatic heterocycles. The second-order valence-electron chi connectivity index (χ2n) is 10.8. The van der Waals surface area contributed by atoms with Gasteiger partial charge in [-0.2, -0.15) is 18.3 Å². The summed E-state index contributed by atoms with van der Waals surface area (Å²) < 4.78 is 52.1. The van der Waals surface area contributed by atoms with Crippen LogP contribution < -0.4 is 15.1 Å². The fourth-order valence-electron chi connectivity index (χ4n) is 5.96. The fraction of sp³-hybridized carbons (Fsp3) is 0.607. The SMILES string of the molecule is COC(CCC(F)(F)F)(OC)c1cc(NCCN2CCCC2)c(C)c(N2CCN(c3ncnc4n[nH]c(Br)c34)CC2)c1. The Balaban J connectivity index is 1.42. The average Bonchev–Trinajstić information content (AvgIpc) is 3.64. The Bertz CT molecular complexity index is 1350. The number of piperazine rings is 1. The molecule has 2 aliphatic rings. The van der Waals surface area contributed by atoms with Crippen LogP contribution >= 0.6 is 15.9 Å². The number of rotatable bonds is 11. The van der Waals surface area contributed by atoms with Crippen molar-refractivity contribution in [3.05, 3.63) is 34.2 Å². The van der Waals surface area contributed by atoms with Crippen LogP contribution in [0.15, 0.2) is 23.1 Å². The summed E-state index contributed by atoms with van der Waals surface area (Å²) in [7, 11) is 2.80. The zero-order valence-electron chi connectivity index (χ0n) is 24.2. The van der Waals surface area contributed by atoms with Gasteiger partial charge >= 0.3 is 6.18 Å². The normalized spacial score (nSPS) is 17.0. The minimum absolute atomic E-state index is 0.351. The van der Waals surface area contributed by atoms with Gasteiger partial charge in [0.1, 0.15) is 16.7 Å². The monoisotopic (exact) mass is 654 g/mol. The molecule has 14 heteroatoms. The van der Waals surface area contributed by atoms with E-state index in [2.05, 4.69) is 63.0 Å². The van der Waals surface area contributed by atoms with Gasteiger partial charge in [0.15, 0.2) is 11.4 Å². The maximum atomic E-state index is 13.3. The number of alkyl halides is 3. The van der Waals surface area contributed by atoms with Crippen LogP contribution in [0, 0.1) is 6.92 Å². The van der Waals surface area contributed by atoms with E-state index in [4.69, 9.17) is 9.47 Å². The maximum Gasteiger partial charge on any atom is 0.389 e. The van der Waals surface area contributed by atoms with Gasteiger partial charge in [-0.3, -0.25) is 5.10 Å². The number of benzene rings is 1. The topological polar surface area (TPSA) is 94.7 Å². The van der Waals surface area contributed by atoms with E-state index in [1.54, 1.807) is 0 Å². The van der Waals surface area contributed by atoms with Crippen molar-refractivity contribution >= 4 is 44.2 Å². The number of nitrogens with zero attached hydrogens (tertiary/aromatic N) is 6. The number of hydrogen-bond donors (Lipinski definition) is 2. The Morgan fingerprint density at radius 2 is 1.67 bits per heavy atom. The van der Waals surface area contributed by atoms with Gasteiger partial charge in [-0.15, -0.1) is 0 Å². The van der Waals surface area contributed by atoms with Gasteiger partial charge in [0.05, 0.1) is 5.39 Å². The summed E-state index contributed by atoms with van der Waals surface area (Å²) in [4.78, 5) is 15.7. The molecule has 10 nitrogen and oxygen atoms in total. The zero-order valence-corrected chi connectivity index (χ0v) is 25.8. The largest absolute Gasteiger partial charge is 0.389 e.